The fourth-order valence-electron chi connectivity index (χ4n) is 5.24. The van der Waals surface area contributed by atoms with Crippen LogP contribution in [0.25, 0.3) is 27.8 Å². The van der Waals surface area contributed by atoms with Gasteiger partial charge in [-0.05, 0) is 36.6 Å². The van der Waals surface area contributed by atoms with Gasteiger partial charge in [0, 0.05) is 16.5 Å². The molecule has 0 bridgehead atoms. The molecule has 4 rings (SSSR count). The number of Topliss-reactive ketones (excluding diaryl/α,β-unsaturated/α-hetero) is 2. The molecule has 1 aromatic heterocycles. The van der Waals surface area contributed by atoms with Crippen LogP contribution in [0.2, 0.25) is 0 Å². The Morgan fingerprint density at radius 2 is 1.42 bits per heavy atom. The molecule has 0 saturated carbocycles. The molecule has 38 heavy (non-hydrogen) atoms. The molecule has 2 aromatic carbocycles. The third kappa shape index (κ3) is 5.59. The molecule has 0 atom stereocenters. The highest BCUT2D eigenvalue weighted by Gasteiger charge is 2.36. The number of carbonyl (C=O) groups excluding carboxylic acids is 2. The maximum atomic E-state index is 13.6. The average Bonchev–Trinajstić information content (AvgIpc) is 2.95. The Morgan fingerprint density at radius 3 is 2.11 bits per heavy atom. The van der Waals surface area contributed by atoms with Crippen molar-refractivity contribution < 1.29 is 24.2 Å². The van der Waals surface area contributed by atoms with Gasteiger partial charge in [0.15, 0.2) is 11.5 Å². The molecule has 3 aromatic rings. The minimum atomic E-state index is -0.645. The van der Waals surface area contributed by atoms with Crippen LogP contribution in [0.4, 0.5) is 0 Å². The van der Waals surface area contributed by atoms with Crippen molar-refractivity contribution in [3.05, 3.63) is 59.3 Å². The monoisotopic (exact) mass is 515 g/mol. The van der Waals surface area contributed by atoms with E-state index in [0.717, 1.165) is 24.6 Å². The van der Waals surface area contributed by atoms with Crippen LogP contribution < -0.4 is 9.47 Å². The fraction of sp³-hybridized carbons (Fsp3) is 0.406. The summed E-state index contributed by atoms with van der Waals surface area (Å²) in [6.07, 6.45) is 10.7. The molecule has 0 saturated heterocycles. The van der Waals surface area contributed by atoms with Gasteiger partial charge in [-0.25, -0.2) is 4.98 Å². The predicted molar refractivity (Wildman–Crippen MR) is 151 cm³/mol. The second-order valence-electron chi connectivity index (χ2n) is 9.86. The number of fused-ring (bicyclic) bond motifs is 2. The van der Waals surface area contributed by atoms with Crippen molar-refractivity contribution in [3.63, 3.8) is 0 Å². The molecule has 1 aliphatic carbocycles. The average molecular weight is 516 g/mol. The number of carbonyl (C=O) groups is 2. The summed E-state index contributed by atoms with van der Waals surface area (Å²) in [7, 11) is 3.10. The van der Waals surface area contributed by atoms with E-state index in [1.807, 2.05) is 30.3 Å². The lowest BCUT2D eigenvalue weighted by Crippen LogP contribution is -2.26. The van der Waals surface area contributed by atoms with E-state index < -0.39 is 11.6 Å². The number of methoxy groups -OCH3 is 2. The number of para-hydroxylation sites is 1. The number of pyridine rings is 1. The molecule has 0 amide bonds. The van der Waals surface area contributed by atoms with Crippen molar-refractivity contribution in [1.82, 2.24) is 4.98 Å². The first-order valence-electron chi connectivity index (χ1n) is 13.7. The molecule has 200 valence electrons. The topological polar surface area (TPSA) is 85.7 Å². The van der Waals surface area contributed by atoms with Gasteiger partial charge < -0.3 is 14.6 Å². The summed E-state index contributed by atoms with van der Waals surface area (Å²) in [5, 5.41) is 12.0. The second kappa shape index (κ2) is 12.7. The van der Waals surface area contributed by atoms with E-state index in [9.17, 15) is 14.7 Å². The summed E-state index contributed by atoms with van der Waals surface area (Å²) in [6.45, 7) is 2.22. The standard InChI is InChI=1S/C32H37NO5/c1-4-5-6-7-8-9-10-11-12-16-23-30(34)29-28(32(36)31(23)35)27(22-15-13-14-17-24(22)33-29)21-18-19-25(37-2)26(20-21)38-3/h13-15,17-20,34H,4-12,16H2,1-3H3. The highest BCUT2D eigenvalue weighted by atomic mass is 16.5. The number of hydrogen-bond donors (Lipinski definition) is 1. The summed E-state index contributed by atoms with van der Waals surface area (Å²) in [6, 6.07) is 12.8. The van der Waals surface area contributed by atoms with Crippen LogP contribution in [-0.2, 0) is 4.79 Å². The van der Waals surface area contributed by atoms with Gasteiger partial charge in [0.05, 0.1) is 25.3 Å². The van der Waals surface area contributed by atoms with E-state index in [0.29, 0.717) is 34.6 Å². The van der Waals surface area contributed by atoms with E-state index in [-0.39, 0.29) is 22.6 Å². The Labute approximate surface area is 224 Å². The SMILES string of the molecule is CCCCCCCCCCCC1=C(O)c2nc3ccccc3c(-c3ccc(OC)c(OC)c3)c2C(=O)C1=O. The maximum Gasteiger partial charge on any atom is 0.236 e. The van der Waals surface area contributed by atoms with Gasteiger partial charge in [-0.1, -0.05) is 82.6 Å². The van der Waals surface area contributed by atoms with Crippen LogP contribution in [0, 0.1) is 0 Å². The summed E-state index contributed by atoms with van der Waals surface area (Å²) in [4.78, 5) is 31.5. The molecule has 6 nitrogen and oxygen atoms in total. The largest absolute Gasteiger partial charge is 0.505 e. The lowest BCUT2D eigenvalue weighted by atomic mass is 9.83. The normalized spacial score (nSPS) is 13.2. The second-order valence-corrected chi connectivity index (χ2v) is 9.86. The Kier molecular flexibility index (Phi) is 9.16. The third-order valence-electron chi connectivity index (χ3n) is 7.31. The summed E-state index contributed by atoms with van der Waals surface area (Å²) < 4.78 is 10.9. The van der Waals surface area contributed by atoms with Gasteiger partial charge in [-0.2, -0.15) is 0 Å². The molecule has 0 spiro atoms. The Morgan fingerprint density at radius 1 is 0.763 bits per heavy atom. The number of rotatable bonds is 13. The van der Waals surface area contributed by atoms with Crippen LogP contribution in [0.3, 0.4) is 0 Å². The lowest BCUT2D eigenvalue weighted by Gasteiger charge is -2.22. The highest BCUT2D eigenvalue weighted by molar-refractivity contribution is 6.53. The number of benzene rings is 2. The minimum absolute atomic E-state index is 0.134. The van der Waals surface area contributed by atoms with Gasteiger partial charge in [0.1, 0.15) is 11.5 Å². The van der Waals surface area contributed by atoms with Crippen LogP contribution in [-0.4, -0.2) is 35.9 Å². The number of unbranched alkanes of at least 4 members (excludes halogenated alkanes) is 8. The number of ether oxygens (including phenoxy) is 2. The van der Waals surface area contributed by atoms with Crippen molar-refractivity contribution in [1.29, 1.82) is 0 Å². The summed E-state index contributed by atoms with van der Waals surface area (Å²) in [5.74, 6) is -0.409. The van der Waals surface area contributed by atoms with Crippen LogP contribution in [0.1, 0.15) is 87.2 Å². The number of aromatic nitrogens is 1. The number of allylic oxidation sites excluding steroid dienone is 1. The Balaban J connectivity index is 1.66. The summed E-state index contributed by atoms with van der Waals surface area (Å²) in [5.41, 5.74) is 2.34. The van der Waals surface area contributed by atoms with Crippen LogP contribution in [0.15, 0.2) is 48.0 Å². The van der Waals surface area contributed by atoms with Crippen molar-refractivity contribution in [2.24, 2.45) is 0 Å². The number of hydrogen-bond acceptors (Lipinski definition) is 6. The molecule has 1 heterocycles. The van der Waals surface area contributed by atoms with E-state index in [2.05, 4.69) is 11.9 Å². The molecule has 0 unspecified atom stereocenters. The fourth-order valence-corrected chi connectivity index (χ4v) is 5.24. The minimum Gasteiger partial charge on any atom is -0.505 e. The molecule has 0 radical (unpaired) electrons. The van der Waals surface area contributed by atoms with Crippen molar-refractivity contribution >= 4 is 28.2 Å². The quantitative estimate of drug-likeness (QED) is 0.184. The first-order valence-corrected chi connectivity index (χ1v) is 13.7. The smallest absolute Gasteiger partial charge is 0.236 e. The zero-order valence-electron chi connectivity index (χ0n) is 22.6. The number of aliphatic hydroxyl groups is 1. The molecule has 1 N–H and O–H groups in total. The third-order valence-corrected chi connectivity index (χ3v) is 7.31. The predicted octanol–water partition coefficient (Wildman–Crippen LogP) is 7.87. The van der Waals surface area contributed by atoms with E-state index in [1.54, 1.807) is 26.4 Å². The number of aliphatic hydroxyl groups excluding tert-OH is 1. The van der Waals surface area contributed by atoms with Gasteiger partial charge >= 0.3 is 0 Å². The van der Waals surface area contributed by atoms with Crippen LogP contribution in [0.5, 0.6) is 11.5 Å². The zero-order chi connectivity index (χ0) is 27.1. The summed E-state index contributed by atoms with van der Waals surface area (Å²) >= 11 is 0. The van der Waals surface area contributed by atoms with Gasteiger partial charge in [0.25, 0.3) is 0 Å². The highest BCUT2D eigenvalue weighted by Crippen LogP contribution is 2.42. The number of nitrogens with zero attached hydrogens (tertiary/aromatic N) is 1. The molecular formula is C32H37NO5. The first-order chi connectivity index (χ1) is 18.5. The molecule has 0 fully saturated rings. The van der Waals surface area contributed by atoms with Crippen molar-refractivity contribution in [2.75, 3.05) is 14.2 Å². The molecule has 1 aliphatic rings. The zero-order valence-corrected chi connectivity index (χ0v) is 22.6. The van der Waals surface area contributed by atoms with Crippen molar-refractivity contribution in [3.8, 4) is 22.6 Å². The molecule has 0 aliphatic heterocycles. The first kappa shape index (κ1) is 27.4. The Bertz CT molecular complexity index is 1360. The molecule has 6 heteroatoms. The van der Waals surface area contributed by atoms with Crippen molar-refractivity contribution in [2.45, 2.75) is 71.1 Å². The number of ketones is 2. The van der Waals surface area contributed by atoms with Gasteiger partial charge in [-0.3, -0.25) is 9.59 Å². The van der Waals surface area contributed by atoms with Gasteiger partial charge in [0.2, 0.25) is 11.6 Å². The Hall–Kier alpha value is -3.67. The van der Waals surface area contributed by atoms with E-state index >= 15 is 0 Å². The van der Waals surface area contributed by atoms with Gasteiger partial charge in [-0.15, -0.1) is 0 Å². The maximum absolute atomic E-state index is 13.6. The molecular weight excluding hydrogens is 478 g/mol. The van der Waals surface area contributed by atoms with E-state index in [1.165, 1.54) is 38.5 Å². The lowest BCUT2D eigenvalue weighted by molar-refractivity contribution is -0.112. The van der Waals surface area contributed by atoms with Crippen LogP contribution >= 0.6 is 0 Å². The van der Waals surface area contributed by atoms with E-state index in [4.69, 9.17) is 9.47 Å².